The third kappa shape index (κ3) is 5.86. The Bertz CT molecular complexity index is 430. The Labute approximate surface area is 128 Å². The van der Waals surface area contributed by atoms with Crippen molar-refractivity contribution < 1.29 is 4.79 Å². The van der Waals surface area contributed by atoms with E-state index in [1.807, 2.05) is 18.2 Å². The van der Waals surface area contributed by atoms with Crippen LogP contribution in [-0.4, -0.2) is 29.9 Å². The summed E-state index contributed by atoms with van der Waals surface area (Å²) in [6.07, 6.45) is 2.77. The Morgan fingerprint density at radius 1 is 1.24 bits per heavy atom. The highest BCUT2D eigenvalue weighted by molar-refractivity contribution is 5.95. The van der Waals surface area contributed by atoms with Crippen LogP contribution < -0.4 is 11.1 Å². The molecule has 0 spiro atoms. The summed E-state index contributed by atoms with van der Waals surface area (Å²) in [4.78, 5) is 14.5. The van der Waals surface area contributed by atoms with E-state index >= 15 is 0 Å². The molecule has 0 heterocycles. The average molecular weight is 291 g/mol. The van der Waals surface area contributed by atoms with Crippen LogP contribution in [0.3, 0.4) is 0 Å². The van der Waals surface area contributed by atoms with E-state index in [1.54, 1.807) is 0 Å². The van der Waals surface area contributed by atoms with Crippen molar-refractivity contribution >= 4 is 11.6 Å². The Balaban J connectivity index is 2.72. The van der Waals surface area contributed by atoms with E-state index in [1.165, 1.54) is 0 Å². The molecule has 0 unspecified atom stereocenters. The van der Waals surface area contributed by atoms with Gasteiger partial charge in [0, 0.05) is 12.2 Å². The average Bonchev–Trinajstić information content (AvgIpc) is 2.51. The number of nitrogens with two attached hydrogens (primary N) is 1. The number of rotatable bonds is 9. The van der Waals surface area contributed by atoms with Crippen LogP contribution in [0.15, 0.2) is 24.3 Å². The summed E-state index contributed by atoms with van der Waals surface area (Å²) >= 11 is 0. The van der Waals surface area contributed by atoms with Crippen molar-refractivity contribution in [2.75, 3.05) is 18.4 Å². The summed E-state index contributed by atoms with van der Waals surface area (Å²) in [5, 5.41) is 2.98. The van der Waals surface area contributed by atoms with Crippen LogP contribution in [0.4, 0.5) is 5.69 Å². The molecule has 1 aromatic rings. The van der Waals surface area contributed by atoms with Gasteiger partial charge in [-0.15, -0.1) is 0 Å². The fourth-order valence-corrected chi connectivity index (χ4v) is 2.25. The van der Waals surface area contributed by atoms with Gasteiger partial charge in [0.05, 0.1) is 6.04 Å². The zero-order valence-corrected chi connectivity index (χ0v) is 13.6. The molecule has 0 bridgehead atoms. The third-order valence-electron chi connectivity index (χ3n) is 3.77. The molecule has 0 fully saturated rings. The van der Waals surface area contributed by atoms with Gasteiger partial charge < -0.3 is 11.1 Å². The number of carbonyl (C=O) groups is 1. The standard InChI is InChI=1S/C17H29N3O/c1-4-7-11-15(18)17(21)19-16-12-9-8-10-14(16)13-20(5-2)6-3/h8-10,12,15H,4-7,11,13,18H2,1-3H3,(H,19,21)/t15-/m0/s1. The minimum Gasteiger partial charge on any atom is -0.324 e. The van der Waals surface area contributed by atoms with Crippen LogP contribution in [0.2, 0.25) is 0 Å². The molecule has 0 aliphatic heterocycles. The Morgan fingerprint density at radius 2 is 1.90 bits per heavy atom. The van der Waals surface area contributed by atoms with E-state index < -0.39 is 6.04 Å². The van der Waals surface area contributed by atoms with Gasteiger partial charge in [0.25, 0.3) is 0 Å². The highest BCUT2D eigenvalue weighted by Gasteiger charge is 2.15. The number of hydrogen-bond donors (Lipinski definition) is 2. The molecule has 1 rings (SSSR count). The van der Waals surface area contributed by atoms with Crippen molar-refractivity contribution in [1.82, 2.24) is 4.90 Å². The van der Waals surface area contributed by atoms with E-state index in [9.17, 15) is 4.79 Å². The lowest BCUT2D eigenvalue weighted by atomic mass is 10.1. The molecular formula is C17H29N3O. The van der Waals surface area contributed by atoms with Crippen molar-refractivity contribution in [1.29, 1.82) is 0 Å². The Hall–Kier alpha value is -1.39. The summed E-state index contributed by atoms with van der Waals surface area (Å²) in [5.74, 6) is -0.0875. The molecule has 4 nitrogen and oxygen atoms in total. The molecule has 1 atom stereocenters. The van der Waals surface area contributed by atoms with E-state index in [0.717, 1.165) is 50.1 Å². The van der Waals surface area contributed by atoms with E-state index in [2.05, 4.69) is 37.1 Å². The van der Waals surface area contributed by atoms with Gasteiger partial charge in [0.1, 0.15) is 0 Å². The first kappa shape index (κ1) is 17.7. The fourth-order valence-electron chi connectivity index (χ4n) is 2.25. The lowest BCUT2D eigenvalue weighted by molar-refractivity contribution is -0.117. The molecule has 0 aliphatic carbocycles. The normalized spacial score (nSPS) is 12.4. The van der Waals surface area contributed by atoms with Crippen molar-refractivity contribution in [3.05, 3.63) is 29.8 Å². The van der Waals surface area contributed by atoms with Crippen LogP contribution in [-0.2, 0) is 11.3 Å². The van der Waals surface area contributed by atoms with Gasteiger partial charge in [-0.1, -0.05) is 51.8 Å². The highest BCUT2D eigenvalue weighted by Crippen LogP contribution is 2.17. The maximum absolute atomic E-state index is 12.1. The maximum Gasteiger partial charge on any atom is 0.241 e. The van der Waals surface area contributed by atoms with Crippen LogP contribution in [0, 0.1) is 0 Å². The molecule has 4 heteroatoms. The first-order chi connectivity index (χ1) is 10.1. The minimum absolute atomic E-state index is 0.0875. The summed E-state index contributed by atoms with van der Waals surface area (Å²) in [7, 11) is 0. The molecule has 3 N–H and O–H groups in total. The van der Waals surface area contributed by atoms with E-state index in [-0.39, 0.29) is 5.91 Å². The van der Waals surface area contributed by atoms with Crippen molar-refractivity contribution in [3.63, 3.8) is 0 Å². The quantitative estimate of drug-likeness (QED) is 0.735. The van der Waals surface area contributed by atoms with Gasteiger partial charge >= 0.3 is 0 Å². The Kier molecular flexibility index (Phi) is 8.01. The first-order valence-corrected chi connectivity index (χ1v) is 7.99. The van der Waals surface area contributed by atoms with Crippen LogP contribution in [0.25, 0.3) is 0 Å². The first-order valence-electron chi connectivity index (χ1n) is 7.99. The molecule has 21 heavy (non-hydrogen) atoms. The number of nitrogens with one attached hydrogen (secondary N) is 1. The predicted molar refractivity (Wildman–Crippen MR) is 89.2 cm³/mol. The van der Waals surface area contributed by atoms with Crippen molar-refractivity contribution in [3.8, 4) is 0 Å². The van der Waals surface area contributed by atoms with E-state index in [4.69, 9.17) is 5.73 Å². The number of para-hydroxylation sites is 1. The molecule has 1 aromatic carbocycles. The molecule has 0 radical (unpaired) electrons. The lowest BCUT2D eigenvalue weighted by Gasteiger charge is -2.21. The van der Waals surface area contributed by atoms with Gasteiger partial charge in [0.15, 0.2) is 0 Å². The monoisotopic (exact) mass is 291 g/mol. The minimum atomic E-state index is -0.425. The molecule has 0 aliphatic rings. The molecule has 0 aromatic heterocycles. The summed E-state index contributed by atoms with van der Waals surface area (Å²) in [6, 6.07) is 7.53. The zero-order chi connectivity index (χ0) is 15.7. The number of unbranched alkanes of at least 4 members (excludes halogenated alkanes) is 1. The SMILES string of the molecule is CCCC[C@H](N)C(=O)Nc1ccccc1CN(CC)CC. The molecule has 0 saturated carbocycles. The highest BCUT2D eigenvalue weighted by atomic mass is 16.2. The Morgan fingerprint density at radius 3 is 2.52 bits per heavy atom. The number of hydrogen-bond acceptors (Lipinski definition) is 3. The van der Waals surface area contributed by atoms with Crippen LogP contribution in [0.1, 0.15) is 45.6 Å². The number of carbonyl (C=O) groups excluding carboxylic acids is 1. The second-order valence-electron chi connectivity index (χ2n) is 5.36. The van der Waals surface area contributed by atoms with Gasteiger partial charge in [-0.05, 0) is 31.1 Å². The van der Waals surface area contributed by atoms with Crippen molar-refractivity contribution in [2.24, 2.45) is 5.73 Å². The maximum atomic E-state index is 12.1. The summed E-state index contributed by atoms with van der Waals surface area (Å²) in [6.45, 7) is 9.22. The molecule has 118 valence electrons. The predicted octanol–water partition coefficient (Wildman–Crippen LogP) is 2.98. The number of amides is 1. The second kappa shape index (κ2) is 9.53. The van der Waals surface area contributed by atoms with Crippen LogP contribution in [0.5, 0.6) is 0 Å². The van der Waals surface area contributed by atoms with Gasteiger partial charge in [-0.2, -0.15) is 0 Å². The third-order valence-corrected chi connectivity index (χ3v) is 3.77. The summed E-state index contributed by atoms with van der Waals surface area (Å²) in [5.41, 5.74) is 7.94. The summed E-state index contributed by atoms with van der Waals surface area (Å²) < 4.78 is 0. The lowest BCUT2D eigenvalue weighted by Crippen LogP contribution is -2.36. The van der Waals surface area contributed by atoms with Crippen molar-refractivity contribution in [2.45, 2.75) is 52.6 Å². The second-order valence-corrected chi connectivity index (χ2v) is 5.36. The van der Waals surface area contributed by atoms with Gasteiger partial charge in [0.2, 0.25) is 5.91 Å². The van der Waals surface area contributed by atoms with Gasteiger partial charge in [-0.3, -0.25) is 9.69 Å². The smallest absolute Gasteiger partial charge is 0.241 e. The molecule has 1 amide bonds. The van der Waals surface area contributed by atoms with Gasteiger partial charge in [-0.25, -0.2) is 0 Å². The van der Waals surface area contributed by atoms with E-state index in [0.29, 0.717) is 0 Å². The topological polar surface area (TPSA) is 58.4 Å². The van der Waals surface area contributed by atoms with Crippen LogP contribution >= 0.6 is 0 Å². The number of benzene rings is 1. The fraction of sp³-hybridized carbons (Fsp3) is 0.588. The number of anilines is 1. The molecule has 0 saturated heterocycles. The zero-order valence-electron chi connectivity index (χ0n) is 13.6. The largest absolute Gasteiger partial charge is 0.324 e. The number of nitrogens with zero attached hydrogens (tertiary/aromatic N) is 1. The molecular weight excluding hydrogens is 262 g/mol.